The summed E-state index contributed by atoms with van der Waals surface area (Å²) in [5.41, 5.74) is 2.52. The van der Waals surface area contributed by atoms with Crippen molar-refractivity contribution >= 4 is 12.4 Å². The molecule has 0 aromatic heterocycles. The Kier molecular flexibility index (Phi) is 8.42. The van der Waals surface area contributed by atoms with E-state index in [1.807, 2.05) is 18.2 Å². The van der Waals surface area contributed by atoms with Crippen LogP contribution in [0.3, 0.4) is 0 Å². The van der Waals surface area contributed by atoms with E-state index in [2.05, 4.69) is 49.5 Å². The van der Waals surface area contributed by atoms with Gasteiger partial charge in [-0.05, 0) is 36.6 Å². The van der Waals surface area contributed by atoms with Gasteiger partial charge < -0.3 is 19.9 Å². The summed E-state index contributed by atoms with van der Waals surface area (Å²) in [6.45, 7) is 5.96. The Balaban J connectivity index is 0.00000261. The molecule has 1 aliphatic rings. The average Bonchev–Trinajstić information content (AvgIpc) is 2.66. The fraction of sp³-hybridized carbons (Fsp3) is 0.455. The molecule has 0 fully saturated rings. The van der Waals surface area contributed by atoms with Crippen LogP contribution in [0, 0.1) is 0 Å². The van der Waals surface area contributed by atoms with E-state index in [0.29, 0.717) is 31.6 Å². The maximum absolute atomic E-state index is 10.0. The molecule has 5 heteroatoms. The quantitative estimate of drug-likeness (QED) is 0.715. The van der Waals surface area contributed by atoms with Crippen LogP contribution in [-0.2, 0) is 6.42 Å². The predicted octanol–water partition coefficient (Wildman–Crippen LogP) is 3.95. The zero-order valence-electron chi connectivity index (χ0n) is 16.1. The summed E-state index contributed by atoms with van der Waals surface area (Å²) in [6, 6.07) is 16.9. The monoisotopic (exact) mass is 391 g/mol. The number of halogens is 1. The molecule has 2 aromatic rings. The molecular formula is C22H30ClNO3. The van der Waals surface area contributed by atoms with Gasteiger partial charge in [0.25, 0.3) is 0 Å². The molecule has 0 amide bonds. The smallest absolute Gasteiger partial charge is 0.126 e. The van der Waals surface area contributed by atoms with Crippen molar-refractivity contribution in [2.24, 2.45) is 0 Å². The number of fused-ring (bicyclic) bond motifs is 1. The SMILES string of the molecule is CC(C)NCCC(O)COc1ccc2c(c1)OCC(c1ccccc1)C2.Cl. The van der Waals surface area contributed by atoms with Crippen molar-refractivity contribution in [3.63, 3.8) is 0 Å². The van der Waals surface area contributed by atoms with E-state index in [4.69, 9.17) is 9.47 Å². The van der Waals surface area contributed by atoms with Crippen LogP contribution in [0.15, 0.2) is 48.5 Å². The van der Waals surface area contributed by atoms with Crippen molar-refractivity contribution in [1.29, 1.82) is 0 Å². The molecule has 2 N–H and O–H groups in total. The van der Waals surface area contributed by atoms with E-state index in [0.717, 1.165) is 24.5 Å². The molecule has 0 radical (unpaired) electrons. The fourth-order valence-electron chi connectivity index (χ4n) is 3.20. The number of nitrogens with one attached hydrogen (secondary N) is 1. The molecule has 2 aromatic carbocycles. The number of benzene rings is 2. The lowest BCUT2D eigenvalue weighted by atomic mass is 9.90. The predicted molar refractivity (Wildman–Crippen MR) is 111 cm³/mol. The number of hydrogen-bond acceptors (Lipinski definition) is 4. The highest BCUT2D eigenvalue weighted by Gasteiger charge is 2.21. The number of ether oxygens (including phenoxy) is 2. The molecule has 2 atom stereocenters. The van der Waals surface area contributed by atoms with Crippen LogP contribution in [0.2, 0.25) is 0 Å². The van der Waals surface area contributed by atoms with Crippen LogP contribution < -0.4 is 14.8 Å². The Hall–Kier alpha value is -1.75. The summed E-state index contributed by atoms with van der Waals surface area (Å²) in [5, 5.41) is 13.3. The molecule has 2 unspecified atom stereocenters. The third kappa shape index (κ3) is 6.42. The van der Waals surface area contributed by atoms with Gasteiger partial charge in [-0.25, -0.2) is 0 Å². The third-order valence-electron chi connectivity index (χ3n) is 4.69. The highest BCUT2D eigenvalue weighted by Crippen LogP contribution is 2.34. The maximum atomic E-state index is 10.0. The highest BCUT2D eigenvalue weighted by molar-refractivity contribution is 5.85. The lowest BCUT2D eigenvalue weighted by molar-refractivity contribution is 0.0992. The summed E-state index contributed by atoms with van der Waals surface area (Å²) in [6.07, 6.45) is 1.18. The Morgan fingerprint density at radius 1 is 1.19 bits per heavy atom. The van der Waals surface area contributed by atoms with Crippen molar-refractivity contribution in [1.82, 2.24) is 5.32 Å². The normalized spacial score (nSPS) is 16.8. The minimum Gasteiger partial charge on any atom is -0.493 e. The van der Waals surface area contributed by atoms with Crippen LogP contribution in [0.25, 0.3) is 0 Å². The number of aliphatic hydroxyl groups is 1. The standard InChI is InChI=1S/C22H29NO3.ClH/c1-16(2)23-11-10-20(24)15-25-21-9-8-18-12-19(14-26-22(18)13-21)17-6-4-3-5-7-17;/h3-9,13,16,19-20,23-24H,10-12,14-15H2,1-2H3;1H. The second-order valence-electron chi connectivity index (χ2n) is 7.25. The molecule has 1 aliphatic heterocycles. The first-order chi connectivity index (χ1) is 12.6. The number of rotatable bonds is 8. The van der Waals surface area contributed by atoms with Gasteiger partial charge in [0, 0.05) is 18.0 Å². The minimum atomic E-state index is -0.472. The Morgan fingerprint density at radius 3 is 2.70 bits per heavy atom. The minimum absolute atomic E-state index is 0. The molecule has 27 heavy (non-hydrogen) atoms. The van der Waals surface area contributed by atoms with Crippen molar-refractivity contribution in [3.05, 3.63) is 59.7 Å². The summed E-state index contributed by atoms with van der Waals surface area (Å²) in [7, 11) is 0. The van der Waals surface area contributed by atoms with Gasteiger partial charge in [0.05, 0.1) is 12.7 Å². The van der Waals surface area contributed by atoms with Crippen LogP contribution >= 0.6 is 12.4 Å². The molecule has 0 bridgehead atoms. The van der Waals surface area contributed by atoms with Gasteiger partial charge in [0.15, 0.2) is 0 Å². The first-order valence-corrected chi connectivity index (χ1v) is 9.46. The third-order valence-corrected chi connectivity index (χ3v) is 4.69. The maximum Gasteiger partial charge on any atom is 0.126 e. The van der Waals surface area contributed by atoms with Gasteiger partial charge >= 0.3 is 0 Å². The largest absolute Gasteiger partial charge is 0.493 e. The molecule has 0 aliphatic carbocycles. The summed E-state index contributed by atoms with van der Waals surface area (Å²) < 4.78 is 11.7. The van der Waals surface area contributed by atoms with Crippen molar-refractivity contribution in [2.75, 3.05) is 19.8 Å². The molecule has 148 valence electrons. The topological polar surface area (TPSA) is 50.7 Å². The fourth-order valence-corrected chi connectivity index (χ4v) is 3.20. The molecule has 0 spiro atoms. The van der Waals surface area contributed by atoms with Crippen molar-refractivity contribution < 1.29 is 14.6 Å². The zero-order chi connectivity index (χ0) is 18.4. The van der Waals surface area contributed by atoms with Gasteiger partial charge in [-0.3, -0.25) is 0 Å². The van der Waals surface area contributed by atoms with Crippen molar-refractivity contribution in [3.8, 4) is 11.5 Å². The first kappa shape index (κ1) is 21.5. The van der Waals surface area contributed by atoms with Crippen LogP contribution in [0.1, 0.15) is 37.3 Å². The molecule has 1 heterocycles. The summed E-state index contributed by atoms with van der Waals surface area (Å²) in [4.78, 5) is 0. The van der Waals surface area contributed by atoms with Gasteiger partial charge in [-0.15, -0.1) is 12.4 Å². The molecule has 4 nitrogen and oxygen atoms in total. The lowest BCUT2D eigenvalue weighted by Crippen LogP contribution is -2.28. The van der Waals surface area contributed by atoms with Crippen LogP contribution in [0.4, 0.5) is 0 Å². The summed E-state index contributed by atoms with van der Waals surface area (Å²) in [5.74, 6) is 2.04. The molecule has 0 saturated carbocycles. The second kappa shape index (κ2) is 10.5. The Labute approximate surface area is 168 Å². The number of hydrogen-bond donors (Lipinski definition) is 2. The van der Waals surface area contributed by atoms with E-state index >= 15 is 0 Å². The van der Waals surface area contributed by atoms with Gasteiger partial charge in [0.2, 0.25) is 0 Å². The van der Waals surface area contributed by atoms with E-state index in [1.54, 1.807) is 0 Å². The second-order valence-corrected chi connectivity index (χ2v) is 7.25. The van der Waals surface area contributed by atoms with E-state index in [1.165, 1.54) is 11.1 Å². The van der Waals surface area contributed by atoms with Gasteiger partial charge in [-0.1, -0.05) is 50.2 Å². The van der Waals surface area contributed by atoms with Crippen LogP contribution in [0.5, 0.6) is 11.5 Å². The molecular weight excluding hydrogens is 362 g/mol. The first-order valence-electron chi connectivity index (χ1n) is 9.46. The van der Waals surface area contributed by atoms with Crippen molar-refractivity contribution in [2.45, 2.75) is 44.8 Å². The lowest BCUT2D eigenvalue weighted by Gasteiger charge is -2.26. The number of aliphatic hydroxyl groups excluding tert-OH is 1. The highest BCUT2D eigenvalue weighted by atomic mass is 35.5. The van der Waals surface area contributed by atoms with Gasteiger partial charge in [0.1, 0.15) is 18.1 Å². The van der Waals surface area contributed by atoms with E-state index in [9.17, 15) is 5.11 Å². The van der Waals surface area contributed by atoms with Crippen LogP contribution in [-0.4, -0.2) is 37.0 Å². The summed E-state index contributed by atoms with van der Waals surface area (Å²) >= 11 is 0. The van der Waals surface area contributed by atoms with E-state index in [-0.39, 0.29) is 12.4 Å². The van der Waals surface area contributed by atoms with E-state index < -0.39 is 6.10 Å². The molecule has 3 rings (SSSR count). The zero-order valence-corrected chi connectivity index (χ0v) is 16.9. The molecule has 0 saturated heterocycles. The Bertz CT molecular complexity index is 693. The Morgan fingerprint density at radius 2 is 1.96 bits per heavy atom. The van der Waals surface area contributed by atoms with Gasteiger partial charge in [-0.2, -0.15) is 0 Å². The average molecular weight is 392 g/mol.